The maximum atomic E-state index is 12.6. The zero-order valence-corrected chi connectivity index (χ0v) is 17.0. The van der Waals surface area contributed by atoms with Crippen LogP contribution < -0.4 is 5.32 Å². The number of fused-ring (bicyclic) bond motifs is 1. The third-order valence-corrected chi connectivity index (χ3v) is 4.84. The van der Waals surface area contributed by atoms with E-state index in [1.807, 2.05) is 11.6 Å². The third-order valence-electron chi connectivity index (χ3n) is 3.69. The van der Waals surface area contributed by atoms with Gasteiger partial charge in [-0.2, -0.15) is 5.10 Å². The van der Waals surface area contributed by atoms with E-state index in [0.29, 0.717) is 10.8 Å². The first-order valence-corrected chi connectivity index (χ1v) is 9.71. The van der Waals surface area contributed by atoms with Crippen LogP contribution >= 0.6 is 11.3 Å². The molecule has 2 heterocycles. The second kappa shape index (κ2) is 8.98. The van der Waals surface area contributed by atoms with Crippen molar-refractivity contribution in [2.24, 2.45) is 5.92 Å². The summed E-state index contributed by atoms with van der Waals surface area (Å²) in [5, 5.41) is 7.81. The predicted molar refractivity (Wildman–Crippen MR) is 102 cm³/mol. The zero-order valence-electron chi connectivity index (χ0n) is 16.2. The average molecular weight is 395 g/mol. The number of aryl methyl sites for hydroxylation is 1. The first-order chi connectivity index (χ1) is 12.8. The van der Waals surface area contributed by atoms with Gasteiger partial charge < -0.3 is 14.8 Å². The number of amides is 1. The molecule has 8 nitrogen and oxygen atoms in total. The number of hydrogen-bond donors (Lipinski definition) is 1. The van der Waals surface area contributed by atoms with Crippen molar-refractivity contribution in [1.82, 2.24) is 15.1 Å². The standard InChI is InChI=1S/C18H25N3O5S/c1-6-25-17(23)14(18(24)26-7-2)19-15(22)13-8-12-11(5)20-21(9-10(3)4)16(12)27-13/h8,10,14H,6-7,9H2,1-5H3,(H,19,22). The molecule has 0 aromatic carbocycles. The Kier molecular flexibility index (Phi) is 6.95. The molecule has 27 heavy (non-hydrogen) atoms. The summed E-state index contributed by atoms with van der Waals surface area (Å²) in [6.07, 6.45) is 0. The zero-order chi connectivity index (χ0) is 20.1. The van der Waals surface area contributed by atoms with Gasteiger partial charge in [0, 0.05) is 11.9 Å². The topological polar surface area (TPSA) is 99.5 Å². The molecule has 0 aliphatic heterocycles. The highest BCUT2D eigenvalue weighted by Gasteiger charge is 2.32. The molecular formula is C18H25N3O5S. The van der Waals surface area contributed by atoms with Crippen LogP contribution in [0.4, 0.5) is 0 Å². The maximum absolute atomic E-state index is 12.6. The molecule has 0 saturated heterocycles. The molecule has 2 aromatic heterocycles. The van der Waals surface area contributed by atoms with Gasteiger partial charge in [-0.25, -0.2) is 9.59 Å². The fraction of sp³-hybridized carbons (Fsp3) is 0.556. The Bertz CT molecular complexity index is 822. The number of nitrogens with one attached hydrogen (secondary N) is 1. The number of aromatic nitrogens is 2. The molecule has 9 heteroatoms. The van der Waals surface area contributed by atoms with Crippen molar-refractivity contribution in [3.05, 3.63) is 16.6 Å². The van der Waals surface area contributed by atoms with Crippen molar-refractivity contribution in [3.63, 3.8) is 0 Å². The van der Waals surface area contributed by atoms with Gasteiger partial charge in [0.25, 0.3) is 5.91 Å². The fourth-order valence-electron chi connectivity index (χ4n) is 2.56. The second-order valence-corrected chi connectivity index (χ2v) is 7.43. The molecule has 0 aliphatic rings. The van der Waals surface area contributed by atoms with Gasteiger partial charge >= 0.3 is 11.9 Å². The summed E-state index contributed by atoms with van der Waals surface area (Å²) in [4.78, 5) is 38.0. The first kappa shape index (κ1) is 20.9. The molecule has 0 aliphatic carbocycles. The molecule has 0 bridgehead atoms. The number of thiophene rings is 1. The molecule has 148 valence electrons. The quantitative estimate of drug-likeness (QED) is 0.544. The minimum absolute atomic E-state index is 0.0950. The van der Waals surface area contributed by atoms with E-state index in [4.69, 9.17) is 9.47 Å². The van der Waals surface area contributed by atoms with Crippen LogP contribution in [-0.2, 0) is 25.6 Å². The Morgan fingerprint density at radius 3 is 2.30 bits per heavy atom. The fourth-order valence-corrected chi connectivity index (χ4v) is 3.64. The van der Waals surface area contributed by atoms with Gasteiger partial charge in [0.15, 0.2) is 0 Å². The SMILES string of the molecule is CCOC(=O)C(NC(=O)c1cc2c(C)nn(CC(C)C)c2s1)C(=O)OCC. The molecule has 0 unspecified atom stereocenters. The lowest BCUT2D eigenvalue weighted by atomic mass is 10.2. The number of hydrogen-bond acceptors (Lipinski definition) is 7. The van der Waals surface area contributed by atoms with E-state index in [-0.39, 0.29) is 13.2 Å². The van der Waals surface area contributed by atoms with E-state index in [1.54, 1.807) is 19.9 Å². The summed E-state index contributed by atoms with van der Waals surface area (Å²) < 4.78 is 11.6. The number of nitrogens with zero attached hydrogens (tertiary/aromatic N) is 2. The summed E-state index contributed by atoms with van der Waals surface area (Å²) in [6, 6.07) is 0.234. The lowest BCUT2D eigenvalue weighted by Crippen LogP contribution is -2.48. The molecule has 0 radical (unpaired) electrons. The summed E-state index contributed by atoms with van der Waals surface area (Å²) >= 11 is 1.27. The lowest BCUT2D eigenvalue weighted by molar-refractivity contribution is -0.157. The van der Waals surface area contributed by atoms with Crippen molar-refractivity contribution in [3.8, 4) is 0 Å². The summed E-state index contributed by atoms with van der Waals surface area (Å²) in [5.74, 6) is -1.80. The van der Waals surface area contributed by atoms with Crippen LogP contribution in [0.1, 0.15) is 43.1 Å². The largest absolute Gasteiger partial charge is 0.464 e. The highest BCUT2D eigenvalue weighted by molar-refractivity contribution is 7.20. The van der Waals surface area contributed by atoms with Crippen LogP contribution in [-0.4, -0.2) is 46.9 Å². The van der Waals surface area contributed by atoms with E-state index in [1.165, 1.54) is 11.3 Å². The van der Waals surface area contributed by atoms with E-state index in [0.717, 1.165) is 22.5 Å². The van der Waals surface area contributed by atoms with Crippen molar-refractivity contribution >= 4 is 39.4 Å². The second-order valence-electron chi connectivity index (χ2n) is 6.40. The Labute approximate surface area is 161 Å². The summed E-state index contributed by atoms with van der Waals surface area (Å²) in [7, 11) is 0. The minimum atomic E-state index is -1.49. The molecule has 0 spiro atoms. The van der Waals surface area contributed by atoms with Gasteiger partial charge in [0.05, 0.1) is 23.8 Å². The molecule has 1 N–H and O–H groups in total. The van der Waals surface area contributed by atoms with E-state index < -0.39 is 23.9 Å². The van der Waals surface area contributed by atoms with Gasteiger partial charge in [-0.3, -0.25) is 9.48 Å². The molecule has 1 amide bonds. The molecule has 0 atom stereocenters. The minimum Gasteiger partial charge on any atom is -0.464 e. The molecule has 2 rings (SSSR count). The highest BCUT2D eigenvalue weighted by atomic mass is 32.1. The number of esters is 2. The van der Waals surface area contributed by atoms with Gasteiger partial charge in [0.2, 0.25) is 6.04 Å². The monoisotopic (exact) mass is 395 g/mol. The predicted octanol–water partition coefficient (Wildman–Crippen LogP) is 2.29. The Hall–Kier alpha value is -2.42. The van der Waals surface area contributed by atoms with Gasteiger partial charge in [-0.15, -0.1) is 11.3 Å². The van der Waals surface area contributed by atoms with Crippen molar-refractivity contribution in [2.45, 2.75) is 47.2 Å². The first-order valence-electron chi connectivity index (χ1n) is 8.89. The number of carbonyl (C=O) groups is 3. The van der Waals surface area contributed by atoms with Crippen LogP contribution in [0.3, 0.4) is 0 Å². The number of rotatable bonds is 8. The highest BCUT2D eigenvalue weighted by Crippen LogP contribution is 2.29. The lowest BCUT2D eigenvalue weighted by Gasteiger charge is -2.15. The van der Waals surface area contributed by atoms with Gasteiger partial charge in [-0.05, 0) is 32.8 Å². The van der Waals surface area contributed by atoms with Gasteiger partial charge in [-0.1, -0.05) is 13.8 Å². The van der Waals surface area contributed by atoms with Crippen LogP contribution in [0.15, 0.2) is 6.07 Å². The normalized spacial score (nSPS) is 11.2. The van der Waals surface area contributed by atoms with Crippen molar-refractivity contribution in [2.75, 3.05) is 13.2 Å². The van der Waals surface area contributed by atoms with E-state index >= 15 is 0 Å². The molecule has 0 saturated carbocycles. The summed E-state index contributed by atoms with van der Waals surface area (Å²) in [6.45, 7) is 10.2. The van der Waals surface area contributed by atoms with Gasteiger partial charge in [0.1, 0.15) is 4.83 Å². The molecule has 2 aromatic rings. The van der Waals surface area contributed by atoms with Crippen LogP contribution in [0.25, 0.3) is 10.2 Å². The van der Waals surface area contributed by atoms with Crippen molar-refractivity contribution in [1.29, 1.82) is 0 Å². The Morgan fingerprint density at radius 1 is 1.19 bits per heavy atom. The molecule has 0 fully saturated rings. The number of ether oxygens (including phenoxy) is 2. The molecular weight excluding hydrogens is 370 g/mol. The van der Waals surface area contributed by atoms with Crippen LogP contribution in [0, 0.1) is 12.8 Å². The van der Waals surface area contributed by atoms with Crippen LogP contribution in [0.5, 0.6) is 0 Å². The van der Waals surface area contributed by atoms with E-state index in [9.17, 15) is 14.4 Å². The van der Waals surface area contributed by atoms with Crippen LogP contribution in [0.2, 0.25) is 0 Å². The van der Waals surface area contributed by atoms with Crippen molar-refractivity contribution < 1.29 is 23.9 Å². The smallest absolute Gasteiger partial charge is 0.340 e. The Balaban J connectivity index is 2.26. The third kappa shape index (κ3) is 4.85. The summed E-state index contributed by atoms with van der Waals surface area (Å²) in [5.41, 5.74) is 0.827. The number of carbonyl (C=O) groups excluding carboxylic acids is 3. The maximum Gasteiger partial charge on any atom is 0.340 e. The Morgan fingerprint density at radius 2 is 1.78 bits per heavy atom. The average Bonchev–Trinajstić information content (AvgIpc) is 3.14. The van der Waals surface area contributed by atoms with E-state index in [2.05, 4.69) is 24.3 Å².